The number of hydrogen-bond acceptors (Lipinski definition) is 6. The number of thioether (sulfide) groups is 1. The number of aromatic nitrogens is 3. The molecule has 1 aliphatic carbocycles. The van der Waals surface area contributed by atoms with E-state index in [4.69, 9.17) is 9.68 Å². The lowest BCUT2D eigenvalue weighted by atomic mass is 10.3. The number of nitriles is 1. The number of carbonyl (C=O) groups is 1. The van der Waals surface area contributed by atoms with Crippen LogP contribution in [0.25, 0.3) is 0 Å². The first-order valence-electron chi connectivity index (χ1n) is 8.46. The van der Waals surface area contributed by atoms with Crippen molar-refractivity contribution in [2.45, 2.75) is 50.4 Å². The van der Waals surface area contributed by atoms with Crippen LogP contribution in [0.15, 0.2) is 28.0 Å². The van der Waals surface area contributed by atoms with Crippen molar-refractivity contribution in [1.29, 1.82) is 5.26 Å². The van der Waals surface area contributed by atoms with Crippen LogP contribution in [0.3, 0.4) is 0 Å². The molecule has 0 aliphatic heterocycles. The zero-order chi connectivity index (χ0) is 17.6. The Balaban J connectivity index is 1.61. The second-order valence-electron chi connectivity index (χ2n) is 5.95. The molecule has 3 rings (SSSR count). The van der Waals surface area contributed by atoms with Crippen LogP contribution >= 0.6 is 11.8 Å². The minimum absolute atomic E-state index is 0.0322. The number of nitrogens with zero attached hydrogens (tertiary/aromatic N) is 5. The lowest BCUT2D eigenvalue weighted by Crippen LogP contribution is -2.32. The summed E-state index contributed by atoms with van der Waals surface area (Å²) < 4.78 is 7.42. The number of carbonyl (C=O) groups excluding carboxylic acids is 1. The van der Waals surface area contributed by atoms with Crippen molar-refractivity contribution in [3.63, 3.8) is 0 Å². The molecule has 0 atom stereocenters. The van der Waals surface area contributed by atoms with Gasteiger partial charge in [-0.1, -0.05) is 11.8 Å². The predicted molar refractivity (Wildman–Crippen MR) is 92.8 cm³/mol. The molecule has 2 aromatic heterocycles. The van der Waals surface area contributed by atoms with Crippen molar-refractivity contribution in [1.82, 2.24) is 19.7 Å². The van der Waals surface area contributed by atoms with Crippen LogP contribution in [-0.2, 0) is 17.9 Å². The summed E-state index contributed by atoms with van der Waals surface area (Å²) in [4.78, 5) is 14.3. The van der Waals surface area contributed by atoms with Crippen molar-refractivity contribution >= 4 is 17.7 Å². The summed E-state index contributed by atoms with van der Waals surface area (Å²) in [6.07, 6.45) is 4.23. The van der Waals surface area contributed by atoms with E-state index in [2.05, 4.69) is 27.8 Å². The molecule has 0 aromatic carbocycles. The third kappa shape index (κ3) is 4.42. The highest BCUT2D eigenvalue weighted by molar-refractivity contribution is 7.99. The summed E-state index contributed by atoms with van der Waals surface area (Å²) in [5.41, 5.74) is 0. The molecule has 8 heteroatoms. The highest BCUT2D eigenvalue weighted by Crippen LogP contribution is 2.39. The molecule has 0 N–H and O–H groups in total. The van der Waals surface area contributed by atoms with Crippen LogP contribution in [0.1, 0.15) is 43.7 Å². The molecule has 1 amide bonds. The normalized spacial score (nSPS) is 13.6. The third-order valence-corrected chi connectivity index (χ3v) is 5.05. The Morgan fingerprint density at radius 3 is 3.00 bits per heavy atom. The van der Waals surface area contributed by atoms with E-state index in [9.17, 15) is 4.79 Å². The Morgan fingerprint density at radius 1 is 1.52 bits per heavy atom. The van der Waals surface area contributed by atoms with Gasteiger partial charge in [-0.25, -0.2) is 0 Å². The van der Waals surface area contributed by atoms with Crippen LogP contribution in [0, 0.1) is 11.3 Å². The molecular weight excluding hydrogens is 338 g/mol. The lowest BCUT2D eigenvalue weighted by molar-refractivity contribution is -0.129. The van der Waals surface area contributed by atoms with Crippen LogP contribution in [0.4, 0.5) is 0 Å². The second-order valence-corrected chi connectivity index (χ2v) is 6.89. The van der Waals surface area contributed by atoms with Crippen LogP contribution < -0.4 is 0 Å². The number of hydrogen-bond donors (Lipinski definition) is 0. The van der Waals surface area contributed by atoms with Crippen LogP contribution in [-0.4, -0.2) is 37.9 Å². The van der Waals surface area contributed by atoms with Gasteiger partial charge in [0, 0.05) is 19.0 Å². The van der Waals surface area contributed by atoms with E-state index >= 15 is 0 Å². The van der Waals surface area contributed by atoms with Gasteiger partial charge in [0.05, 0.1) is 31.1 Å². The maximum absolute atomic E-state index is 12.6. The summed E-state index contributed by atoms with van der Waals surface area (Å²) in [6.45, 7) is 3.64. The van der Waals surface area contributed by atoms with Crippen molar-refractivity contribution in [3.05, 3.63) is 30.0 Å². The van der Waals surface area contributed by atoms with Crippen molar-refractivity contribution in [2.75, 3.05) is 12.3 Å². The molecule has 0 saturated heterocycles. The van der Waals surface area contributed by atoms with E-state index in [1.54, 1.807) is 17.2 Å². The first-order chi connectivity index (χ1) is 12.2. The largest absolute Gasteiger partial charge is 0.467 e. The summed E-state index contributed by atoms with van der Waals surface area (Å²) in [6, 6.07) is 5.71. The Morgan fingerprint density at radius 2 is 2.36 bits per heavy atom. The molecule has 0 spiro atoms. The van der Waals surface area contributed by atoms with Crippen molar-refractivity contribution < 1.29 is 9.21 Å². The van der Waals surface area contributed by atoms with Crippen molar-refractivity contribution in [2.24, 2.45) is 0 Å². The molecule has 1 saturated carbocycles. The van der Waals surface area contributed by atoms with E-state index in [1.807, 2.05) is 6.07 Å². The first kappa shape index (κ1) is 17.5. The van der Waals surface area contributed by atoms with Gasteiger partial charge < -0.3 is 13.9 Å². The van der Waals surface area contributed by atoms with Gasteiger partial charge in [0.1, 0.15) is 11.6 Å². The molecule has 1 fully saturated rings. The van der Waals surface area contributed by atoms with Gasteiger partial charge in [0.25, 0.3) is 0 Å². The minimum atomic E-state index is -0.0322. The molecule has 0 unspecified atom stereocenters. The lowest BCUT2D eigenvalue weighted by Gasteiger charge is -2.20. The standard InChI is InChI=1S/C17H21N5O2S/c1-2-22-16(13-6-7-13)19-20-17(22)25-12-15(23)21(9-4-8-18)11-14-5-3-10-24-14/h3,5,10,13H,2,4,6-7,9,11-12H2,1H3. The van der Waals surface area contributed by atoms with E-state index in [0.29, 0.717) is 31.2 Å². The molecule has 7 nitrogen and oxygen atoms in total. The van der Waals surface area contributed by atoms with Gasteiger partial charge in [0.15, 0.2) is 5.16 Å². The maximum atomic E-state index is 12.6. The maximum Gasteiger partial charge on any atom is 0.233 e. The average Bonchev–Trinajstić information content (AvgIpc) is 3.18. The van der Waals surface area contributed by atoms with Gasteiger partial charge in [0.2, 0.25) is 5.91 Å². The summed E-state index contributed by atoms with van der Waals surface area (Å²) >= 11 is 1.40. The Kier molecular flexibility index (Phi) is 5.76. The van der Waals surface area contributed by atoms with E-state index in [-0.39, 0.29) is 11.7 Å². The SMILES string of the molecule is CCn1c(SCC(=O)N(CCC#N)Cc2ccco2)nnc1C1CC1. The second kappa shape index (κ2) is 8.21. The van der Waals surface area contributed by atoms with Gasteiger partial charge in [-0.05, 0) is 31.9 Å². The topological polar surface area (TPSA) is 88.0 Å². The summed E-state index contributed by atoms with van der Waals surface area (Å²) in [5.74, 6) is 2.52. The van der Waals surface area contributed by atoms with Gasteiger partial charge in [-0.2, -0.15) is 5.26 Å². The molecule has 132 valence electrons. The molecular formula is C17H21N5O2S. The highest BCUT2D eigenvalue weighted by atomic mass is 32.2. The molecule has 2 aromatic rings. The Labute approximate surface area is 151 Å². The third-order valence-electron chi connectivity index (χ3n) is 4.10. The van der Waals surface area contributed by atoms with Gasteiger partial charge >= 0.3 is 0 Å². The number of furan rings is 1. The molecule has 2 heterocycles. The monoisotopic (exact) mass is 359 g/mol. The van der Waals surface area contributed by atoms with Crippen molar-refractivity contribution in [3.8, 4) is 6.07 Å². The summed E-state index contributed by atoms with van der Waals surface area (Å²) in [7, 11) is 0. The molecule has 0 bridgehead atoms. The Bertz CT molecular complexity index is 746. The zero-order valence-electron chi connectivity index (χ0n) is 14.2. The van der Waals surface area contributed by atoms with Gasteiger partial charge in [-0.15, -0.1) is 10.2 Å². The van der Waals surface area contributed by atoms with Crippen LogP contribution in [0.2, 0.25) is 0 Å². The predicted octanol–water partition coefficient (Wildman–Crippen LogP) is 2.80. The number of rotatable bonds is 9. The highest BCUT2D eigenvalue weighted by Gasteiger charge is 2.30. The smallest absolute Gasteiger partial charge is 0.233 e. The zero-order valence-corrected chi connectivity index (χ0v) is 15.0. The minimum Gasteiger partial charge on any atom is -0.467 e. The van der Waals surface area contributed by atoms with Crippen LogP contribution in [0.5, 0.6) is 0 Å². The van der Waals surface area contributed by atoms with E-state index in [0.717, 1.165) is 17.5 Å². The average molecular weight is 359 g/mol. The fraction of sp³-hybridized carbons (Fsp3) is 0.529. The van der Waals surface area contributed by atoms with E-state index in [1.165, 1.54) is 24.6 Å². The fourth-order valence-electron chi connectivity index (χ4n) is 2.63. The molecule has 25 heavy (non-hydrogen) atoms. The molecule has 0 radical (unpaired) electrons. The number of amides is 1. The summed E-state index contributed by atoms with van der Waals surface area (Å²) in [5, 5.41) is 18.2. The van der Waals surface area contributed by atoms with Gasteiger partial charge in [-0.3, -0.25) is 4.79 Å². The Hall–Kier alpha value is -2.27. The molecule has 1 aliphatic rings. The fourth-order valence-corrected chi connectivity index (χ4v) is 3.54. The quantitative estimate of drug-likeness (QED) is 0.640. The first-order valence-corrected chi connectivity index (χ1v) is 9.44. The van der Waals surface area contributed by atoms with E-state index < -0.39 is 0 Å².